The molecule has 2 rings (SSSR count). The minimum absolute atomic E-state index is 0.148. The molecular formula is C16H21N3. The molecule has 3 nitrogen and oxygen atoms in total. The van der Waals surface area contributed by atoms with Gasteiger partial charge in [-0.1, -0.05) is 38.1 Å². The lowest BCUT2D eigenvalue weighted by atomic mass is 9.99. The topological polar surface area (TPSA) is 51.8 Å². The van der Waals surface area contributed by atoms with E-state index < -0.39 is 0 Å². The fraction of sp³-hybridized carbons (Fsp3) is 0.375. The minimum Gasteiger partial charge on any atom is -0.321 e. The summed E-state index contributed by atoms with van der Waals surface area (Å²) in [5.74, 6) is 1.27. The number of rotatable bonds is 4. The first-order chi connectivity index (χ1) is 9.06. The first kappa shape index (κ1) is 13.7. The van der Waals surface area contributed by atoms with Crippen molar-refractivity contribution in [3.63, 3.8) is 0 Å². The van der Waals surface area contributed by atoms with E-state index in [0.717, 1.165) is 12.0 Å². The van der Waals surface area contributed by atoms with Gasteiger partial charge < -0.3 is 5.73 Å². The number of benzene rings is 1. The van der Waals surface area contributed by atoms with Gasteiger partial charge in [-0.15, -0.1) is 0 Å². The first-order valence-electron chi connectivity index (χ1n) is 6.69. The zero-order valence-electron chi connectivity index (χ0n) is 11.8. The second-order valence-corrected chi connectivity index (χ2v) is 5.33. The Kier molecular flexibility index (Phi) is 4.27. The number of aromatic nitrogens is 2. The molecule has 3 heteroatoms. The zero-order chi connectivity index (χ0) is 13.8. The third-order valence-corrected chi connectivity index (χ3v) is 3.23. The summed E-state index contributed by atoms with van der Waals surface area (Å²) >= 11 is 0. The number of hydrogen-bond donors (Lipinski definition) is 1. The quantitative estimate of drug-likeness (QED) is 0.913. The van der Waals surface area contributed by atoms with Gasteiger partial charge in [0.2, 0.25) is 0 Å². The second-order valence-electron chi connectivity index (χ2n) is 5.33. The molecule has 0 saturated heterocycles. The third-order valence-electron chi connectivity index (χ3n) is 3.23. The predicted molar refractivity (Wildman–Crippen MR) is 77.9 cm³/mol. The number of hydrogen-bond acceptors (Lipinski definition) is 3. The molecule has 0 bridgehead atoms. The molecular weight excluding hydrogens is 234 g/mol. The van der Waals surface area contributed by atoms with Crippen LogP contribution in [0, 0.1) is 6.92 Å². The summed E-state index contributed by atoms with van der Waals surface area (Å²) in [6.07, 6.45) is 4.38. The fourth-order valence-electron chi connectivity index (χ4n) is 1.98. The molecule has 1 atom stereocenters. The molecule has 2 N–H and O–H groups in total. The smallest absolute Gasteiger partial charge is 0.145 e. The van der Waals surface area contributed by atoms with Crippen LogP contribution >= 0.6 is 0 Å². The van der Waals surface area contributed by atoms with E-state index in [1.54, 1.807) is 0 Å². The van der Waals surface area contributed by atoms with Crippen LogP contribution in [0.2, 0.25) is 0 Å². The van der Waals surface area contributed by atoms with Gasteiger partial charge in [0.1, 0.15) is 5.82 Å². The minimum atomic E-state index is -0.148. The maximum atomic E-state index is 6.15. The molecule has 1 unspecified atom stereocenters. The van der Waals surface area contributed by atoms with Crippen LogP contribution in [0.4, 0.5) is 0 Å². The Bertz CT molecular complexity index is 515. The highest BCUT2D eigenvalue weighted by Crippen LogP contribution is 2.17. The van der Waals surface area contributed by atoms with E-state index in [9.17, 15) is 0 Å². The van der Waals surface area contributed by atoms with Crippen molar-refractivity contribution in [3.8, 4) is 0 Å². The SMILES string of the molecule is Cc1cnc(C(N)Cc2ccc(C(C)C)cc2)nc1. The van der Waals surface area contributed by atoms with Gasteiger partial charge in [-0.05, 0) is 36.0 Å². The maximum absolute atomic E-state index is 6.15. The lowest BCUT2D eigenvalue weighted by Gasteiger charge is -2.11. The Morgan fingerprint density at radius 1 is 1.05 bits per heavy atom. The van der Waals surface area contributed by atoms with Gasteiger partial charge in [-0.3, -0.25) is 0 Å². The Balaban J connectivity index is 2.06. The van der Waals surface area contributed by atoms with Gasteiger partial charge in [0.05, 0.1) is 6.04 Å². The lowest BCUT2D eigenvalue weighted by Crippen LogP contribution is -2.16. The molecule has 100 valence electrons. The van der Waals surface area contributed by atoms with Crippen LogP contribution in [0.3, 0.4) is 0 Å². The molecule has 0 amide bonds. The van der Waals surface area contributed by atoms with Gasteiger partial charge in [0.15, 0.2) is 0 Å². The van der Waals surface area contributed by atoms with Gasteiger partial charge >= 0.3 is 0 Å². The highest BCUT2D eigenvalue weighted by atomic mass is 14.9. The summed E-state index contributed by atoms with van der Waals surface area (Å²) in [5.41, 5.74) is 9.78. The Hall–Kier alpha value is -1.74. The summed E-state index contributed by atoms with van der Waals surface area (Å²) in [4.78, 5) is 8.57. The number of nitrogens with two attached hydrogens (primary N) is 1. The normalized spacial score (nSPS) is 12.7. The summed E-state index contributed by atoms with van der Waals surface area (Å²) < 4.78 is 0. The standard InChI is InChI=1S/C16H21N3/c1-11(2)14-6-4-13(5-7-14)8-15(17)16-18-9-12(3)10-19-16/h4-7,9-11,15H,8,17H2,1-3H3. The van der Waals surface area contributed by atoms with E-state index in [0.29, 0.717) is 11.7 Å². The fourth-order valence-corrected chi connectivity index (χ4v) is 1.98. The highest BCUT2D eigenvalue weighted by Gasteiger charge is 2.10. The molecule has 0 aliphatic carbocycles. The average molecular weight is 255 g/mol. The molecule has 0 aliphatic rings. The van der Waals surface area contributed by atoms with E-state index in [-0.39, 0.29) is 6.04 Å². The molecule has 1 aromatic carbocycles. The van der Waals surface area contributed by atoms with Crippen molar-refractivity contribution in [1.82, 2.24) is 9.97 Å². The molecule has 0 aliphatic heterocycles. The van der Waals surface area contributed by atoms with E-state index in [1.807, 2.05) is 19.3 Å². The zero-order valence-corrected chi connectivity index (χ0v) is 11.8. The molecule has 0 fully saturated rings. The second kappa shape index (κ2) is 5.93. The number of aryl methyl sites for hydroxylation is 1. The van der Waals surface area contributed by atoms with E-state index in [4.69, 9.17) is 5.73 Å². The van der Waals surface area contributed by atoms with E-state index in [1.165, 1.54) is 11.1 Å². The van der Waals surface area contributed by atoms with Crippen molar-refractivity contribution in [2.24, 2.45) is 5.73 Å². The Morgan fingerprint density at radius 2 is 1.63 bits per heavy atom. The Labute approximate surface area is 114 Å². The monoisotopic (exact) mass is 255 g/mol. The van der Waals surface area contributed by atoms with Crippen molar-refractivity contribution in [2.45, 2.75) is 39.2 Å². The van der Waals surface area contributed by atoms with Crippen LogP contribution in [-0.4, -0.2) is 9.97 Å². The van der Waals surface area contributed by atoms with E-state index in [2.05, 4.69) is 48.1 Å². The molecule has 19 heavy (non-hydrogen) atoms. The van der Waals surface area contributed by atoms with Crippen molar-refractivity contribution >= 4 is 0 Å². The van der Waals surface area contributed by atoms with Crippen LogP contribution in [0.1, 0.15) is 48.3 Å². The van der Waals surface area contributed by atoms with Crippen molar-refractivity contribution in [1.29, 1.82) is 0 Å². The molecule has 1 heterocycles. The van der Waals surface area contributed by atoms with Crippen molar-refractivity contribution in [3.05, 3.63) is 59.2 Å². The molecule has 0 spiro atoms. The van der Waals surface area contributed by atoms with Crippen molar-refractivity contribution in [2.75, 3.05) is 0 Å². The average Bonchev–Trinajstić information content (AvgIpc) is 2.40. The maximum Gasteiger partial charge on any atom is 0.145 e. The van der Waals surface area contributed by atoms with Crippen LogP contribution in [0.15, 0.2) is 36.7 Å². The molecule has 0 saturated carbocycles. The summed E-state index contributed by atoms with van der Waals surface area (Å²) in [7, 11) is 0. The van der Waals surface area contributed by atoms with Crippen LogP contribution in [0.5, 0.6) is 0 Å². The van der Waals surface area contributed by atoms with Gasteiger partial charge in [-0.2, -0.15) is 0 Å². The predicted octanol–water partition coefficient (Wildman–Crippen LogP) is 3.15. The summed E-state index contributed by atoms with van der Waals surface area (Å²) in [6, 6.07) is 8.48. The Morgan fingerprint density at radius 3 is 2.16 bits per heavy atom. The van der Waals surface area contributed by atoms with Gasteiger partial charge in [0, 0.05) is 12.4 Å². The van der Waals surface area contributed by atoms with Crippen molar-refractivity contribution < 1.29 is 0 Å². The highest BCUT2D eigenvalue weighted by molar-refractivity contribution is 5.25. The lowest BCUT2D eigenvalue weighted by molar-refractivity contribution is 0.665. The molecule has 1 aromatic heterocycles. The molecule has 0 radical (unpaired) electrons. The number of nitrogens with zero attached hydrogens (tertiary/aromatic N) is 2. The third kappa shape index (κ3) is 3.61. The summed E-state index contributed by atoms with van der Waals surface area (Å²) in [5, 5.41) is 0. The van der Waals surface area contributed by atoms with Crippen LogP contribution < -0.4 is 5.73 Å². The van der Waals surface area contributed by atoms with Crippen LogP contribution in [-0.2, 0) is 6.42 Å². The largest absolute Gasteiger partial charge is 0.321 e. The molecule has 2 aromatic rings. The van der Waals surface area contributed by atoms with Gasteiger partial charge in [0.25, 0.3) is 0 Å². The van der Waals surface area contributed by atoms with Crippen LogP contribution in [0.25, 0.3) is 0 Å². The van der Waals surface area contributed by atoms with Gasteiger partial charge in [-0.25, -0.2) is 9.97 Å². The first-order valence-corrected chi connectivity index (χ1v) is 6.69. The van der Waals surface area contributed by atoms with E-state index >= 15 is 0 Å². The summed E-state index contributed by atoms with van der Waals surface area (Å²) in [6.45, 7) is 6.36.